The molecule has 0 atom stereocenters. The highest BCUT2D eigenvalue weighted by Crippen LogP contribution is 2.22. The van der Waals surface area contributed by atoms with Crippen molar-refractivity contribution >= 4 is 5.69 Å². The molecule has 6 nitrogen and oxygen atoms in total. The van der Waals surface area contributed by atoms with Crippen molar-refractivity contribution in [3.63, 3.8) is 0 Å². The summed E-state index contributed by atoms with van der Waals surface area (Å²) in [5, 5.41) is 7.48. The lowest BCUT2D eigenvalue weighted by molar-refractivity contribution is 0.109. The molecule has 164 valence electrons. The second kappa shape index (κ2) is 9.96. The molecule has 6 rings (SSSR count). The molecule has 5 heterocycles. The van der Waals surface area contributed by atoms with Gasteiger partial charge in [0.25, 0.3) is 0 Å². The van der Waals surface area contributed by atoms with E-state index in [1.807, 2.05) is 24.0 Å². The summed E-state index contributed by atoms with van der Waals surface area (Å²) in [6.45, 7) is 10.7. The number of nitrogens with one attached hydrogen (secondary N) is 1. The zero-order valence-electron chi connectivity index (χ0n) is 18.8. The topological polar surface area (TPSA) is 61.2 Å². The van der Waals surface area contributed by atoms with Crippen molar-refractivity contribution in [3.8, 4) is 5.88 Å². The maximum absolute atomic E-state index is 5.39. The van der Waals surface area contributed by atoms with Gasteiger partial charge in [-0.1, -0.05) is 23.8 Å². The third-order valence-electron chi connectivity index (χ3n) is 5.62. The van der Waals surface area contributed by atoms with Crippen LogP contribution < -0.4 is 10.1 Å². The highest BCUT2D eigenvalue weighted by molar-refractivity contribution is 5.56. The number of nitrogens with zero attached hydrogens (tertiary/aromatic N) is 3. The van der Waals surface area contributed by atoms with E-state index in [1.165, 1.54) is 40.1 Å². The lowest BCUT2D eigenvalue weighted by Crippen LogP contribution is -2.14. The van der Waals surface area contributed by atoms with Gasteiger partial charge in [0.05, 0.1) is 26.0 Å². The summed E-state index contributed by atoms with van der Waals surface area (Å²) in [4.78, 5) is 4.34. The molecule has 0 fully saturated rings. The number of aryl methyl sites for hydroxylation is 4. The van der Waals surface area contributed by atoms with Gasteiger partial charge in [-0.05, 0) is 49.9 Å². The number of ether oxygens (including phenoxy) is 2. The van der Waals surface area contributed by atoms with Crippen LogP contribution in [0, 0.1) is 20.8 Å². The van der Waals surface area contributed by atoms with E-state index in [4.69, 9.17) is 9.47 Å². The van der Waals surface area contributed by atoms with Crippen molar-refractivity contribution in [2.24, 2.45) is 0 Å². The number of hydrogen-bond acceptors (Lipinski definition) is 5. The Morgan fingerprint density at radius 1 is 0.968 bits per heavy atom. The summed E-state index contributed by atoms with van der Waals surface area (Å²) in [5.41, 5.74) is 8.99. The third-order valence-corrected chi connectivity index (χ3v) is 5.62. The summed E-state index contributed by atoms with van der Waals surface area (Å²) < 4.78 is 12.6. The fourth-order valence-corrected chi connectivity index (χ4v) is 3.99. The average Bonchev–Trinajstić information content (AvgIpc) is 3.41. The molecule has 0 bridgehead atoms. The Morgan fingerprint density at radius 3 is 2.71 bits per heavy atom. The van der Waals surface area contributed by atoms with Crippen LogP contribution in [-0.4, -0.2) is 34.5 Å². The Labute approximate surface area is 184 Å². The number of rotatable bonds is 0. The van der Waals surface area contributed by atoms with Crippen LogP contribution >= 0.6 is 0 Å². The van der Waals surface area contributed by atoms with Crippen molar-refractivity contribution in [3.05, 3.63) is 70.2 Å². The monoisotopic (exact) mass is 420 g/mol. The molecular weight excluding hydrogens is 388 g/mol. The average molecular weight is 421 g/mol. The standard InChI is InChI=1S/C9H11NO.C9H11N.C7H10N2O/c1-7-4-8-6-11-3-2-9(8)10-5-7;1-7-2-3-9-8(6-7)4-5-10-9;1-6-5-8-9-3-2-4-10-7(6)9/h4-5H,2-3,6H2,1H3;2-3,6,10H,4-5H2,1H3;5H,2-4H2,1H3. The molecular formula is C25H32N4O2. The van der Waals surface area contributed by atoms with Crippen LogP contribution in [0.15, 0.2) is 36.7 Å². The summed E-state index contributed by atoms with van der Waals surface area (Å²) in [6.07, 6.45) is 7.01. The molecule has 31 heavy (non-hydrogen) atoms. The normalized spacial score (nSPS) is 15.6. The molecule has 1 aromatic carbocycles. The fraction of sp³-hybridized carbons (Fsp3) is 0.440. The van der Waals surface area contributed by atoms with E-state index in [0.29, 0.717) is 0 Å². The Morgan fingerprint density at radius 2 is 1.84 bits per heavy atom. The molecule has 3 aliphatic rings. The van der Waals surface area contributed by atoms with E-state index in [0.717, 1.165) is 57.2 Å². The molecule has 0 spiro atoms. The summed E-state index contributed by atoms with van der Waals surface area (Å²) in [7, 11) is 0. The van der Waals surface area contributed by atoms with Crippen LogP contribution in [-0.2, 0) is 30.7 Å². The molecule has 0 amide bonds. The van der Waals surface area contributed by atoms with Gasteiger partial charge in [0.1, 0.15) is 0 Å². The molecule has 3 aliphatic heterocycles. The Kier molecular flexibility index (Phi) is 6.87. The number of benzene rings is 1. The number of pyridine rings is 1. The predicted octanol–water partition coefficient (Wildman–Crippen LogP) is 4.40. The highest BCUT2D eigenvalue weighted by Gasteiger charge is 2.12. The first-order valence-electron chi connectivity index (χ1n) is 11.1. The Bertz CT molecular complexity index is 1030. The van der Waals surface area contributed by atoms with E-state index < -0.39 is 0 Å². The van der Waals surface area contributed by atoms with Crippen LogP contribution in [0.5, 0.6) is 5.88 Å². The molecule has 0 aliphatic carbocycles. The first-order valence-corrected chi connectivity index (χ1v) is 11.1. The molecule has 0 radical (unpaired) electrons. The number of aromatic nitrogens is 3. The van der Waals surface area contributed by atoms with Gasteiger partial charge in [0, 0.05) is 49.1 Å². The maximum atomic E-state index is 5.39. The molecule has 6 heteroatoms. The summed E-state index contributed by atoms with van der Waals surface area (Å²) in [5.74, 6) is 0.950. The zero-order chi connectivity index (χ0) is 21.6. The van der Waals surface area contributed by atoms with E-state index in [2.05, 4.69) is 53.5 Å². The first-order chi connectivity index (χ1) is 15.1. The third kappa shape index (κ3) is 5.44. The van der Waals surface area contributed by atoms with E-state index in [1.54, 1.807) is 0 Å². The van der Waals surface area contributed by atoms with E-state index >= 15 is 0 Å². The molecule has 0 unspecified atom stereocenters. The number of fused-ring (bicyclic) bond motifs is 3. The van der Waals surface area contributed by atoms with Gasteiger partial charge in [-0.25, -0.2) is 4.68 Å². The predicted molar refractivity (Wildman–Crippen MR) is 123 cm³/mol. The van der Waals surface area contributed by atoms with Crippen LogP contribution in [0.1, 0.15) is 39.9 Å². The van der Waals surface area contributed by atoms with Gasteiger partial charge in [0.2, 0.25) is 5.88 Å². The molecule has 0 saturated heterocycles. The quantitative estimate of drug-likeness (QED) is 0.584. The maximum Gasteiger partial charge on any atom is 0.214 e. The second-order valence-corrected chi connectivity index (χ2v) is 8.32. The van der Waals surface area contributed by atoms with Gasteiger partial charge in [0.15, 0.2) is 0 Å². The Balaban J connectivity index is 0.000000112. The lowest BCUT2D eigenvalue weighted by Gasteiger charge is -2.15. The molecule has 2 aromatic heterocycles. The van der Waals surface area contributed by atoms with Crippen LogP contribution in [0.25, 0.3) is 0 Å². The van der Waals surface area contributed by atoms with Crippen molar-refractivity contribution in [1.82, 2.24) is 14.8 Å². The van der Waals surface area contributed by atoms with Gasteiger partial charge in [-0.3, -0.25) is 4.98 Å². The largest absolute Gasteiger partial charge is 0.478 e. The van der Waals surface area contributed by atoms with Crippen LogP contribution in [0.2, 0.25) is 0 Å². The van der Waals surface area contributed by atoms with Crippen molar-refractivity contribution in [2.45, 2.75) is 53.2 Å². The minimum Gasteiger partial charge on any atom is -0.478 e. The van der Waals surface area contributed by atoms with Gasteiger partial charge in [-0.2, -0.15) is 5.10 Å². The number of anilines is 1. The molecule has 3 aromatic rings. The summed E-state index contributed by atoms with van der Waals surface area (Å²) >= 11 is 0. The zero-order valence-corrected chi connectivity index (χ0v) is 18.8. The van der Waals surface area contributed by atoms with Gasteiger partial charge < -0.3 is 14.8 Å². The van der Waals surface area contributed by atoms with Crippen molar-refractivity contribution in [1.29, 1.82) is 0 Å². The smallest absolute Gasteiger partial charge is 0.214 e. The highest BCUT2D eigenvalue weighted by atomic mass is 16.5. The van der Waals surface area contributed by atoms with Crippen molar-refractivity contribution in [2.75, 3.05) is 25.1 Å². The molecule has 1 N–H and O–H groups in total. The second-order valence-electron chi connectivity index (χ2n) is 8.32. The number of hydrogen-bond donors (Lipinski definition) is 1. The summed E-state index contributed by atoms with van der Waals surface area (Å²) in [6, 6.07) is 8.73. The van der Waals surface area contributed by atoms with Crippen LogP contribution in [0.4, 0.5) is 5.69 Å². The lowest BCUT2D eigenvalue weighted by atomic mass is 10.1. The van der Waals surface area contributed by atoms with Gasteiger partial charge >= 0.3 is 0 Å². The Hall–Kier alpha value is -2.86. The van der Waals surface area contributed by atoms with Gasteiger partial charge in [-0.15, -0.1) is 0 Å². The van der Waals surface area contributed by atoms with Crippen LogP contribution in [0.3, 0.4) is 0 Å². The fourth-order valence-electron chi connectivity index (χ4n) is 3.99. The minimum atomic E-state index is 0.740. The molecule has 0 saturated carbocycles. The SMILES string of the molecule is Cc1ccc2c(c1)CCN2.Cc1cnc2c(c1)COCC2.Cc1cnn2c1OCCC2. The first kappa shape index (κ1) is 21.4. The van der Waals surface area contributed by atoms with Crippen molar-refractivity contribution < 1.29 is 9.47 Å². The minimum absolute atomic E-state index is 0.740. The van der Waals surface area contributed by atoms with E-state index in [9.17, 15) is 0 Å². The van der Waals surface area contributed by atoms with E-state index in [-0.39, 0.29) is 0 Å².